The highest BCUT2D eigenvalue weighted by atomic mass is 15.1. The average Bonchev–Trinajstić information content (AvgIpc) is 2.86. The van der Waals surface area contributed by atoms with E-state index in [1.54, 1.807) is 0 Å². The monoisotopic (exact) mass is 283 g/mol. The molecule has 1 aromatic heterocycles. The van der Waals surface area contributed by atoms with Crippen LogP contribution in [-0.2, 0) is 25.9 Å². The molecule has 2 heterocycles. The minimum Gasteiger partial charge on any atom is -0.331 e. The van der Waals surface area contributed by atoms with Gasteiger partial charge in [-0.3, -0.25) is 0 Å². The fourth-order valence-electron chi connectivity index (χ4n) is 3.22. The molecule has 1 N–H and O–H groups in total. The van der Waals surface area contributed by atoms with Crippen LogP contribution in [0.25, 0.3) is 0 Å². The molecule has 21 heavy (non-hydrogen) atoms. The Kier molecular flexibility index (Phi) is 4.39. The Morgan fingerprint density at radius 2 is 2.10 bits per heavy atom. The zero-order valence-electron chi connectivity index (χ0n) is 13.1. The molecule has 112 valence electrons. The van der Waals surface area contributed by atoms with Gasteiger partial charge >= 0.3 is 0 Å². The maximum atomic E-state index is 4.89. The normalized spacial score (nSPS) is 15.7. The molecule has 3 nitrogen and oxygen atoms in total. The lowest BCUT2D eigenvalue weighted by molar-refractivity contribution is 0.533. The summed E-state index contributed by atoms with van der Waals surface area (Å²) >= 11 is 0. The highest BCUT2D eigenvalue weighted by molar-refractivity contribution is 5.23. The third-order valence-electron chi connectivity index (χ3n) is 4.36. The molecule has 0 bridgehead atoms. The SMILES string of the molecule is CCCc1nc2c(n1CC(C)c1ccccc1)CCNC2. The maximum Gasteiger partial charge on any atom is 0.109 e. The van der Waals surface area contributed by atoms with Gasteiger partial charge in [0.2, 0.25) is 0 Å². The van der Waals surface area contributed by atoms with Crippen LogP contribution in [0.4, 0.5) is 0 Å². The van der Waals surface area contributed by atoms with Gasteiger partial charge in [-0.25, -0.2) is 4.98 Å². The van der Waals surface area contributed by atoms with Gasteiger partial charge in [0.05, 0.1) is 5.69 Å². The Morgan fingerprint density at radius 3 is 2.86 bits per heavy atom. The summed E-state index contributed by atoms with van der Waals surface area (Å²) in [6.07, 6.45) is 3.34. The zero-order valence-corrected chi connectivity index (χ0v) is 13.1. The lowest BCUT2D eigenvalue weighted by Crippen LogP contribution is -2.25. The number of fused-ring (bicyclic) bond motifs is 1. The Bertz CT molecular complexity index is 586. The van der Waals surface area contributed by atoms with Crippen LogP contribution in [0.5, 0.6) is 0 Å². The molecule has 0 saturated heterocycles. The number of rotatable bonds is 5. The molecule has 3 heteroatoms. The van der Waals surface area contributed by atoms with Gasteiger partial charge in [0, 0.05) is 38.2 Å². The van der Waals surface area contributed by atoms with E-state index in [-0.39, 0.29) is 0 Å². The van der Waals surface area contributed by atoms with E-state index in [1.165, 1.54) is 22.8 Å². The second-order valence-corrected chi connectivity index (χ2v) is 6.02. The Labute approximate surface area is 127 Å². The highest BCUT2D eigenvalue weighted by Crippen LogP contribution is 2.23. The highest BCUT2D eigenvalue weighted by Gasteiger charge is 2.20. The molecular weight excluding hydrogens is 258 g/mol. The van der Waals surface area contributed by atoms with Crippen molar-refractivity contribution in [3.8, 4) is 0 Å². The van der Waals surface area contributed by atoms with Gasteiger partial charge in [-0.2, -0.15) is 0 Å². The lowest BCUT2D eigenvalue weighted by atomic mass is 10.0. The van der Waals surface area contributed by atoms with E-state index in [9.17, 15) is 0 Å². The molecule has 0 spiro atoms. The van der Waals surface area contributed by atoms with Crippen LogP contribution in [0.15, 0.2) is 30.3 Å². The predicted octanol–water partition coefficient (Wildman–Crippen LogP) is 3.29. The zero-order chi connectivity index (χ0) is 14.7. The number of hydrogen-bond acceptors (Lipinski definition) is 2. The van der Waals surface area contributed by atoms with Crippen molar-refractivity contribution < 1.29 is 0 Å². The Morgan fingerprint density at radius 1 is 1.29 bits per heavy atom. The Hall–Kier alpha value is -1.61. The Balaban J connectivity index is 1.88. The van der Waals surface area contributed by atoms with Gasteiger partial charge in [0.25, 0.3) is 0 Å². The van der Waals surface area contributed by atoms with Gasteiger partial charge in [-0.1, -0.05) is 44.2 Å². The number of imidazole rings is 1. The summed E-state index contributed by atoms with van der Waals surface area (Å²) in [6.45, 7) is 7.60. The van der Waals surface area contributed by atoms with E-state index in [0.717, 1.165) is 38.9 Å². The van der Waals surface area contributed by atoms with Gasteiger partial charge < -0.3 is 9.88 Å². The molecule has 3 rings (SSSR count). The van der Waals surface area contributed by atoms with Gasteiger partial charge in [-0.15, -0.1) is 0 Å². The molecule has 0 amide bonds. The minimum atomic E-state index is 0.523. The minimum absolute atomic E-state index is 0.523. The van der Waals surface area contributed by atoms with Crippen molar-refractivity contribution in [2.75, 3.05) is 6.54 Å². The van der Waals surface area contributed by atoms with E-state index in [4.69, 9.17) is 4.98 Å². The molecule has 0 aliphatic carbocycles. The van der Waals surface area contributed by atoms with E-state index in [0.29, 0.717) is 5.92 Å². The first-order valence-corrected chi connectivity index (χ1v) is 8.12. The standard InChI is InChI=1S/C18H25N3/c1-3-7-18-20-16-12-19-11-10-17(16)21(18)13-14(2)15-8-5-4-6-9-15/h4-6,8-9,14,19H,3,7,10-13H2,1-2H3. The molecule has 1 aromatic carbocycles. The molecule has 1 aliphatic rings. The van der Waals surface area contributed by atoms with Crippen LogP contribution in [-0.4, -0.2) is 16.1 Å². The number of aryl methyl sites for hydroxylation is 1. The summed E-state index contributed by atoms with van der Waals surface area (Å²) in [7, 11) is 0. The summed E-state index contributed by atoms with van der Waals surface area (Å²) < 4.78 is 2.50. The number of nitrogens with one attached hydrogen (secondary N) is 1. The molecule has 0 radical (unpaired) electrons. The maximum absolute atomic E-state index is 4.89. The largest absolute Gasteiger partial charge is 0.331 e. The second kappa shape index (κ2) is 6.44. The van der Waals surface area contributed by atoms with Crippen molar-refractivity contribution >= 4 is 0 Å². The first kappa shape index (κ1) is 14.3. The van der Waals surface area contributed by atoms with Crippen molar-refractivity contribution in [3.05, 3.63) is 53.1 Å². The number of benzene rings is 1. The van der Waals surface area contributed by atoms with Crippen LogP contribution in [0.3, 0.4) is 0 Å². The summed E-state index contributed by atoms with van der Waals surface area (Å²) in [4.78, 5) is 4.89. The van der Waals surface area contributed by atoms with Crippen molar-refractivity contribution in [1.82, 2.24) is 14.9 Å². The van der Waals surface area contributed by atoms with E-state index < -0.39 is 0 Å². The van der Waals surface area contributed by atoms with Gasteiger partial charge in [-0.05, 0) is 17.9 Å². The molecule has 1 atom stereocenters. The third-order valence-corrected chi connectivity index (χ3v) is 4.36. The smallest absolute Gasteiger partial charge is 0.109 e. The van der Waals surface area contributed by atoms with Crippen LogP contribution in [0.1, 0.15) is 49.0 Å². The summed E-state index contributed by atoms with van der Waals surface area (Å²) in [5.74, 6) is 1.80. The number of aromatic nitrogens is 2. The van der Waals surface area contributed by atoms with Crippen molar-refractivity contribution in [2.45, 2.75) is 52.1 Å². The van der Waals surface area contributed by atoms with Crippen molar-refractivity contribution in [2.24, 2.45) is 0 Å². The number of hydrogen-bond donors (Lipinski definition) is 1. The predicted molar refractivity (Wildman–Crippen MR) is 86.5 cm³/mol. The van der Waals surface area contributed by atoms with Crippen LogP contribution < -0.4 is 5.32 Å². The number of nitrogens with zero attached hydrogens (tertiary/aromatic N) is 2. The topological polar surface area (TPSA) is 29.9 Å². The van der Waals surface area contributed by atoms with Crippen LogP contribution in [0, 0.1) is 0 Å². The first-order valence-electron chi connectivity index (χ1n) is 8.12. The molecule has 1 aliphatic heterocycles. The molecule has 1 unspecified atom stereocenters. The lowest BCUT2D eigenvalue weighted by Gasteiger charge is -2.20. The van der Waals surface area contributed by atoms with E-state index in [1.807, 2.05) is 0 Å². The molecule has 0 fully saturated rings. The molecular formula is C18H25N3. The molecule has 2 aromatic rings. The van der Waals surface area contributed by atoms with Gasteiger partial charge in [0.1, 0.15) is 5.82 Å². The second-order valence-electron chi connectivity index (χ2n) is 6.02. The summed E-state index contributed by atoms with van der Waals surface area (Å²) in [6, 6.07) is 10.8. The van der Waals surface area contributed by atoms with E-state index in [2.05, 4.69) is 54.1 Å². The molecule has 0 saturated carbocycles. The fourth-order valence-corrected chi connectivity index (χ4v) is 3.22. The summed E-state index contributed by atoms with van der Waals surface area (Å²) in [5, 5.41) is 3.43. The van der Waals surface area contributed by atoms with Gasteiger partial charge in [0.15, 0.2) is 0 Å². The van der Waals surface area contributed by atoms with E-state index >= 15 is 0 Å². The quantitative estimate of drug-likeness (QED) is 0.912. The average molecular weight is 283 g/mol. The van der Waals surface area contributed by atoms with Crippen LogP contribution >= 0.6 is 0 Å². The van der Waals surface area contributed by atoms with Crippen molar-refractivity contribution in [3.63, 3.8) is 0 Å². The third kappa shape index (κ3) is 3.03. The summed E-state index contributed by atoms with van der Waals surface area (Å²) in [5.41, 5.74) is 4.14. The fraction of sp³-hybridized carbons (Fsp3) is 0.500. The first-order chi connectivity index (χ1) is 10.3. The van der Waals surface area contributed by atoms with Crippen molar-refractivity contribution in [1.29, 1.82) is 0 Å². The van der Waals surface area contributed by atoms with Crippen LogP contribution in [0.2, 0.25) is 0 Å².